The van der Waals surface area contributed by atoms with Gasteiger partial charge in [0.2, 0.25) is 11.7 Å². The van der Waals surface area contributed by atoms with E-state index in [9.17, 15) is 26.3 Å². The normalized spacial score (nSPS) is 12.4. The molecule has 0 atom stereocenters. The third-order valence-electron chi connectivity index (χ3n) is 3.32. The number of nitrogens with zero attached hydrogens (tertiary/aromatic N) is 3. The van der Waals surface area contributed by atoms with E-state index in [1.165, 1.54) is 18.2 Å². The van der Waals surface area contributed by atoms with Crippen LogP contribution in [0.1, 0.15) is 17.0 Å². The highest BCUT2D eigenvalue weighted by Gasteiger charge is 2.31. The maximum Gasteiger partial charge on any atom is 0.417 e. The van der Waals surface area contributed by atoms with Crippen LogP contribution >= 0.6 is 11.8 Å². The molecule has 142 valence electrons. The van der Waals surface area contributed by atoms with Gasteiger partial charge in [-0.15, -0.1) is 0 Å². The maximum atomic E-state index is 12.8. The summed E-state index contributed by atoms with van der Waals surface area (Å²) in [6.07, 6.45) is -8.25. The van der Waals surface area contributed by atoms with Crippen LogP contribution in [-0.4, -0.2) is 15.1 Å². The van der Waals surface area contributed by atoms with E-state index in [2.05, 4.69) is 15.1 Å². The zero-order chi connectivity index (χ0) is 19.7. The van der Waals surface area contributed by atoms with Crippen molar-refractivity contribution < 1.29 is 30.9 Å². The van der Waals surface area contributed by atoms with E-state index in [0.29, 0.717) is 11.2 Å². The predicted molar refractivity (Wildman–Crippen MR) is 83.5 cm³/mol. The number of benzene rings is 1. The Kier molecular flexibility index (Phi) is 5.13. The van der Waals surface area contributed by atoms with E-state index in [1.807, 2.05) is 0 Å². The van der Waals surface area contributed by atoms with Crippen LogP contribution in [0, 0.1) is 0 Å². The molecule has 3 aromatic rings. The Morgan fingerprint density at radius 2 is 1.67 bits per heavy atom. The first-order valence-corrected chi connectivity index (χ1v) is 8.28. The van der Waals surface area contributed by atoms with Crippen LogP contribution in [0.2, 0.25) is 0 Å². The Bertz CT molecular complexity index is 921. The molecule has 0 spiro atoms. The molecule has 3 rings (SSSR count). The molecule has 4 nitrogen and oxygen atoms in total. The lowest BCUT2D eigenvalue weighted by molar-refractivity contribution is -0.138. The fourth-order valence-corrected chi connectivity index (χ4v) is 2.71. The van der Waals surface area contributed by atoms with Crippen LogP contribution in [0.4, 0.5) is 26.3 Å². The molecule has 1 aromatic carbocycles. The van der Waals surface area contributed by atoms with E-state index in [-0.39, 0.29) is 23.0 Å². The van der Waals surface area contributed by atoms with Gasteiger partial charge < -0.3 is 4.52 Å². The second kappa shape index (κ2) is 7.22. The molecule has 11 heteroatoms. The fourth-order valence-electron chi connectivity index (χ4n) is 2.03. The van der Waals surface area contributed by atoms with Crippen molar-refractivity contribution in [2.45, 2.75) is 23.1 Å². The van der Waals surface area contributed by atoms with Gasteiger partial charge in [0.05, 0.1) is 21.9 Å². The predicted octanol–water partition coefficient (Wildman–Crippen LogP) is 5.46. The molecule has 0 aliphatic heterocycles. The van der Waals surface area contributed by atoms with Gasteiger partial charge in [0.15, 0.2) is 0 Å². The summed E-state index contributed by atoms with van der Waals surface area (Å²) in [6, 6.07) is 6.58. The maximum absolute atomic E-state index is 12.8. The van der Waals surface area contributed by atoms with Crippen molar-refractivity contribution in [3.8, 4) is 11.4 Å². The Labute approximate surface area is 152 Å². The van der Waals surface area contributed by atoms with Gasteiger partial charge in [0, 0.05) is 11.8 Å². The molecule has 27 heavy (non-hydrogen) atoms. The highest BCUT2D eigenvalue weighted by atomic mass is 32.2. The third kappa shape index (κ3) is 4.79. The lowest BCUT2D eigenvalue weighted by atomic mass is 10.1. The van der Waals surface area contributed by atoms with Crippen LogP contribution < -0.4 is 0 Å². The standard InChI is InChI=1S/C16H9F6N3OS/c17-15(18,19)10-3-1-2-9(6-10)14-24-12(26-25-14)8-27-13-5-4-11(7-23-13)16(20,21)22/h1-7H,8H2. The summed E-state index contributed by atoms with van der Waals surface area (Å²) in [5.74, 6) is 0.191. The number of hydrogen-bond donors (Lipinski definition) is 0. The number of thioether (sulfide) groups is 1. The lowest BCUT2D eigenvalue weighted by Gasteiger charge is -2.06. The van der Waals surface area contributed by atoms with Gasteiger partial charge in [-0.05, 0) is 24.3 Å². The van der Waals surface area contributed by atoms with Crippen LogP contribution in [0.15, 0.2) is 52.1 Å². The minimum Gasteiger partial charge on any atom is -0.338 e. The summed E-state index contributed by atoms with van der Waals surface area (Å²) in [4.78, 5) is 7.69. The van der Waals surface area contributed by atoms with Crippen LogP contribution in [0.25, 0.3) is 11.4 Å². The molecular weight excluding hydrogens is 396 g/mol. The molecule has 0 N–H and O–H groups in total. The smallest absolute Gasteiger partial charge is 0.338 e. The van der Waals surface area contributed by atoms with Crippen molar-refractivity contribution in [2.24, 2.45) is 0 Å². The van der Waals surface area contributed by atoms with Crippen molar-refractivity contribution in [2.75, 3.05) is 0 Å². The van der Waals surface area contributed by atoms with E-state index in [1.54, 1.807) is 0 Å². The summed E-state index contributed by atoms with van der Waals surface area (Å²) in [6.45, 7) is 0. The number of aromatic nitrogens is 3. The lowest BCUT2D eigenvalue weighted by Crippen LogP contribution is -2.05. The summed E-state index contributed by atoms with van der Waals surface area (Å²) in [5.41, 5.74) is -1.57. The minimum absolute atomic E-state index is 0.0166. The second-order valence-electron chi connectivity index (χ2n) is 5.26. The zero-order valence-electron chi connectivity index (χ0n) is 13.2. The molecule has 2 aromatic heterocycles. The number of alkyl halides is 6. The highest BCUT2D eigenvalue weighted by molar-refractivity contribution is 7.98. The van der Waals surface area contributed by atoms with E-state index in [4.69, 9.17) is 4.52 Å². The molecule has 0 saturated carbocycles. The average Bonchev–Trinajstić information content (AvgIpc) is 3.08. The Balaban J connectivity index is 1.68. The van der Waals surface area contributed by atoms with Gasteiger partial charge in [-0.25, -0.2) is 4.98 Å². The fraction of sp³-hybridized carbons (Fsp3) is 0.188. The summed E-state index contributed by atoms with van der Waals surface area (Å²) in [5, 5.41) is 3.94. The molecular formula is C16H9F6N3OS. The van der Waals surface area contributed by atoms with Crippen LogP contribution in [-0.2, 0) is 18.1 Å². The highest BCUT2D eigenvalue weighted by Crippen LogP contribution is 2.32. The minimum atomic E-state index is -4.49. The van der Waals surface area contributed by atoms with E-state index in [0.717, 1.165) is 30.0 Å². The second-order valence-corrected chi connectivity index (χ2v) is 6.26. The molecule has 0 aliphatic rings. The summed E-state index contributed by atoms with van der Waals surface area (Å²) >= 11 is 1.05. The van der Waals surface area contributed by atoms with Crippen LogP contribution in [0.5, 0.6) is 0 Å². The first-order valence-electron chi connectivity index (χ1n) is 7.29. The molecule has 0 saturated heterocycles. The van der Waals surface area contributed by atoms with Crippen molar-refractivity contribution >= 4 is 11.8 Å². The average molecular weight is 405 g/mol. The Morgan fingerprint density at radius 3 is 2.30 bits per heavy atom. The number of pyridine rings is 1. The molecule has 2 heterocycles. The van der Waals surface area contributed by atoms with E-state index < -0.39 is 23.5 Å². The molecule has 0 bridgehead atoms. The molecule has 0 fully saturated rings. The SMILES string of the molecule is FC(F)(F)c1ccc(SCc2nc(-c3cccc(C(F)(F)F)c3)no2)nc1. The van der Waals surface area contributed by atoms with Gasteiger partial charge in [0.1, 0.15) is 0 Å². The van der Waals surface area contributed by atoms with Gasteiger partial charge in [-0.3, -0.25) is 0 Å². The molecule has 0 unspecified atom stereocenters. The van der Waals surface area contributed by atoms with Crippen molar-refractivity contribution in [1.82, 2.24) is 15.1 Å². The van der Waals surface area contributed by atoms with Gasteiger partial charge in [-0.2, -0.15) is 31.3 Å². The van der Waals surface area contributed by atoms with Gasteiger partial charge in [-0.1, -0.05) is 29.1 Å². The summed E-state index contributed by atoms with van der Waals surface area (Å²) < 4.78 is 80.7. The molecule has 0 radical (unpaired) electrons. The monoisotopic (exact) mass is 405 g/mol. The Hall–Kier alpha value is -2.56. The van der Waals surface area contributed by atoms with Crippen molar-refractivity contribution in [3.05, 3.63) is 59.6 Å². The largest absolute Gasteiger partial charge is 0.417 e. The molecule has 0 aliphatic carbocycles. The van der Waals surface area contributed by atoms with Crippen molar-refractivity contribution in [1.29, 1.82) is 0 Å². The first-order chi connectivity index (χ1) is 12.6. The number of halogens is 6. The van der Waals surface area contributed by atoms with E-state index >= 15 is 0 Å². The van der Waals surface area contributed by atoms with Gasteiger partial charge >= 0.3 is 12.4 Å². The van der Waals surface area contributed by atoms with Crippen LogP contribution in [0.3, 0.4) is 0 Å². The quantitative estimate of drug-likeness (QED) is 0.426. The van der Waals surface area contributed by atoms with Gasteiger partial charge in [0.25, 0.3) is 0 Å². The zero-order valence-corrected chi connectivity index (χ0v) is 14.0. The van der Waals surface area contributed by atoms with Crippen molar-refractivity contribution in [3.63, 3.8) is 0 Å². The summed E-state index contributed by atoms with van der Waals surface area (Å²) in [7, 11) is 0. The number of rotatable bonds is 4. The Morgan fingerprint density at radius 1 is 0.926 bits per heavy atom. The molecule has 0 amide bonds. The topological polar surface area (TPSA) is 51.8 Å². The number of hydrogen-bond acceptors (Lipinski definition) is 5. The third-order valence-corrected chi connectivity index (χ3v) is 4.25. The first kappa shape index (κ1) is 19.2.